The first kappa shape index (κ1) is 17.9. The number of thiazole rings is 1. The van der Waals surface area contributed by atoms with Crippen molar-refractivity contribution in [3.05, 3.63) is 11.1 Å². The van der Waals surface area contributed by atoms with Crippen LogP contribution in [0.15, 0.2) is 10.4 Å². The van der Waals surface area contributed by atoms with E-state index in [-0.39, 0.29) is 0 Å². The van der Waals surface area contributed by atoms with E-state index in [4.69, 9.17) is 4.98 Å². The molecule has 2 N–H and O–H groups in total. The second kappa shape index (κ2) is 8.43. The summed E-state index contributed by atoms with van der Waals surface area (Å²) in [4.78, 5) is 11.5. The highest BCUT2D eigenvalue weighted by molar-refractivity contribution is 8.00. The minimum Gasteiger partial charge on any atom is -0.356 e. The molecular weight excluding hydrogens is 338 g/mol. The van der Waals surface area contributed by atoms with Gasteiger partial charge in [0.2, 0.25) is 0 Å². The fraction of sp³-hybridized carbons (Fsp3) is 0.765. The summed E-state index contributed by atoms with van der Waals surface area (Å²) in [5.41, 5.74) is 1.18. The number of nitrogens with zero attached hydrogens (tertiary/aromatic N) is 3. The number of hydrogen-bond donors (Lipinski definition) is 2. The van der Waals surface area contributed by atoms with E-state index in [1.54, 1.807) is 11.3 Å². The van der Waals surface area contributed by atoms with E-state index in [1.807, 2.05) is 7.05 Å². The van der Waals surface area contributed by atoms with Crippen molar-refractivity contribution >= 4 is 34.2 Å². The van der Waals surface area contributed by atoms with E-state index in [9.17, 15) is 0 Å². The largest absolute Gasteiger partial charge is 0.356 e. The Labute approximate surface area is 153 Å². The van der Waals surface area contributed by atoms with Crippen molar-refractivity contribution < 1.29 is 0 Å². The minimum absolute atomic E-state index is 0.358. The molecule has 1 unspecified atom stereocenters. The summed E-state index contributed by atoms with van der Waals surface area (Å²) in [6.45, 7) is 6.52. The first-order valence-electron chi connectivity index (χ1n) is 8.96. The van der Waals surface area contributed by atoms with Gasteiger partial charge in [0.25, 0.3) is 0 Å². The summed E-state index contributed by atoms with van der Waals surface area (Å²) in [6.07, 6.45) is 6.17. The van der Waals surface area contributed by atoms with Crippen molar-refractivity contribution in [1.82, 2.24) is 15.6 Å². The number of guanidine groups is 1. The maximum atomic E-state index is 4.78. The second-order valence-corrected chi connectivity index (χ2v) is 9.34. The average Bonchev–Trinajstić information content (AvgIpc) is 3.32. The Morgan fingerprint density at radius 1 is 1.33 bits per heavy atom. The predicted octanol–water partition coefficient (Wildman–Crippen LogP) is 2.74. The number of hydrogen-bond acceptors (Lipinski definition) is 5. The summed E-state index contributed by atoms with van der Waals surface area (Å²) in [6, 6.07) is 0. The summed E-state index contributed by atoms with van der Waals surface area (Å²) in [7, 11) is 1.84. The molecule has 2 aliphatic heterocycles. The van der Waals surface area contributed by atoms with Crippen LogP contribution in [0.2, 0.25) is 0 Å². The zero-order valence-electron chi connectivity index (χ0n) is 14.8. The first-order valence-corrected chi connectivity index (χ1v) is 10.8. The molecule has 2 aliphatic rings. The molecule has 0 amide bonds. The lowest BCUT2D eigenvalue weighted by atomic mass is 10.1. The molecule has 0 saturated carbocycles. The third-order valence-corrected chi connectivity index (χ3v) is 7.23. The normalized spacial score (nSPS) is 24.6. The Bertz CT molecular complexity index is 545. The van der Waals surface area contributed by atoms with Gasteiger partial charge in [-0.3, -0.25) is 4.99 Å². The Morgan fingerprint density at radius 3 is 2.88 bits per heavy atom. The number of nitrogens with one attached hydrogen (secondary N) is 2. The summed E-state index contributed by atoms with van der Waals surface area (Å²) in [5, 5.41) is 10.3. The van der Waals surface area contributed by atoms with E-state index < -0.39 is 0 Å². The molecule has 0 radical (unpaired) electrons. The van der Waals surface area contributed by atoms with Crippen molar-refractivity contribution in [2.45, 2.75) is 43.8 Å². The number of rotatable bonds is 6. The van der Waals surface area contributed by atoms with Crippen LogP contribution in [-0.4, -0.2) is 54.7 Å². The fourth-order valence-electron chi connectivity index (χ4n) is 3.24. The van der Waals surface area contributed by atoms with Gasteiger partial charge in [0, 0.05) is 49.8 Å². The Balaban J connectivity index is 1.39. The molecule has 1 aromatic heterocycles. The van der Waals surface area contributed by atoms with Gasteiger partial charge in [-0.15, -0.1) is 11.3 Å². The zero-order valence-corrected chi connectivity index (χ0v) is 16.4. The van der Waals surface area contributed by atoms with Gasteiger partial charge >= 0.3 is 0 Å². The number of aliphatic imine (C=N–C) groups is 1. The van der Waals surface area contributed by atoms with Gasteiger partial charge in [-0.2, -0.15) is 11.8 Å². The average molecular weight is 368 g/mol. The fourth-order valence-corrected chi connectivity index (χ4v) is 5.40. The van der Waals surface area contributed by atoms with E-state index in [0.29, 0.717) is 4.75 Å². The van der Waals surface area contributed by atoms with Crippen LogP contribution >= 0.6 is 23.1 Å². The number of thioether (sulfide) groups is 1. The molecule has 2 saturated heterocycles. The standard InChI is InChI=1S/C17H29N5S2/c1-17(7-5-11-24-17)13-20-15(18-2)19-8-6-14-12-23-16(21-14)22-9-3-4-10-22/h12H,3-11,13H2,1-2H3,(H2,18,19,20). The van der Waals surface area contributed by atoms with E-state index >= 15 is 0 Å². The molecule has 7 heteroatoms. The Morgan fingerprint density at radius 2 is 2.17 bits per heavy atom. The van der Waals surface area contributed by atoms with Crippen LogP contribution in [0, 0.1) is 0 Å². The van der Waals surface area contributed by atoms with Gasteiger partial charge in [-0.25, -0.2) is 4.98 Å². The van der Waals surface area contributed by atoms with Crippen molar-refractivity contribution in [3.8, 4) is 0 Å². The monoisotopic (exact) mass is 367 g/mol. The van der Waals surface area contributed by atoms with Gasteiger partial charge < -0.3 is 15.5 Å². The lowest BCUT2D eigenvalue weighted by Gasteiger charge is -2.24. The maximum Gasteiger partial charge on any atom is 0.191 e. The van der Waals surface area contributed by atoms with Crippen LogP contribution < -0.4 is 15.5 Å². The quantitative estimate of drug-likeness (QED) is 0.598. The highest BCUT2D eigenvalue weighted by Crippen LogP contribution is 2.36. The molecule has 1 aromatic rings. The zero-order chi connectivity index (χ0) is 16.8. The van der Waals surface area contributed by atoms with Gasteiger partial charge in [0.05, 0.1) is 5.69 Å². The van der Waals surface area contributed by atoms with Crippen LogP contribution in [0.4, 0.5) is 5.13 Å². The molecular formula is C17H29N5S2. The molecule has 2 fully saturated rings. The van der Waals surface area contributed by atoms with Gasteiger partial charge in [0.1, 0.15) is 0 Å². The third-order valence-electron chi connectivity index (χ3n) is 4.74. The van der Waals surface area contributed by atoms with Crippen LogP contribution in [-0.2, 0) is 6.42 Å². The molecule has 3 rings (SSSR count). The molecule has 0 spiro atoms. The molecule has 3 heterocycles. The van der Waals surface area contributed by atoms with Crippen LogP contribution in [0.25, 0.3) is 0 Å². The number of anilines is 1. The highest BCUT2D eigenvalue weighted by Gasteiger charge is 2.29. The molecule has 0 aromatic carbocycles. The Hall–Kier alpha value is -0.950. The molecule has 0 bridgehead atoms. The van der Waals surface area contributed by atoms with E-state index in [0.717, 1.165) is 25.5 Å². The molecule has 24 heavy (non-hydrogen) atoms. The lowest BCUT2D eigenvalue weighted by Crippen LogP contribution is -2.44. The van der Waals surface area contributed by atoms with E-state index in [2.05, 4.69) is 44.6 Å². The van der Waals surface area contributed by atoms with Gasteiger partial charge in [-0.05, 0) is 38.4 Å². The van der Waals surface area contributed by atoms with Crippen molar-refractivity contribution in [1.29, 1.82) is 0 Å². The van der Waals surface area contributed by atoms with Gasteiger partial charge in [0.15, 0.2) is 11.1 Å². The number of aromatic nitrogens is 1. The first-order chi connectivity index (χ1) is 11.7. The molecule has 1 atom stereocenters. The third kappa shape index (κ3) is 4.79. The minimum atomic E-state index is 0.358. The molecule has 134 valence electrons. The highest BCUT2D eigenvalue weighted by atomic mass is 32.2. The van der Waals surface area contributed by atoms with Gasteiger partial charge in [-0.1, -0.05) is 0 Å². The summed E-state index contributed by atoms with van der Waals surface area (Å²) >= 11 is 3.85. The topological polar surface area (TPSA) is 52.6 Å². The lowest BCUT2D eigenvalue weighted by molar-refractivity contribution is 0.584. The maximum absolute atomic E-state index is 4.78. The van der Waals surface area contributed by atoms with Crippen molar-refractivity contribution in [2.75, 3.05) is 43.9 Å². The smallest absolute Gasteiger partial charge is 0.191 e. The van der Waals surface area contributed by atoms with Crippen LogP contribution in [0.3, 0.4) is 0 Å². The summed E-state index contributed by atoms with van der Waals surface area (Å²) < 4.78 is 0.358. The van der Waals surface area contributed by atoms with Crippen molar-refractivity contribution in [3.63, 3.8) is 0 Å². The van der Waals surface area contributed by atoms with Crippen molar-refractivity contribution in [2.24, 2.45) is 4.99 Å². The van der Waals surface area contributed by atoms with Crippen LogP contribution in [0.1, 0.15) is 38.3 Å². The predicted molar refractivity (Wildman–Crippen MR) is 107 cm³/mol. The molecule has 0 aliphatic carbocycles. The SMILES string of the molecule is CN=C(NCCc1csc(N2CCCC2)n1)NCC1(C)CCCS1. The van der Waals surface area contributed by atoms with Crippen LogP contribution in [0.5, 0.6) is 0 Å². The second-order valence-electron chi connectivity index (χ2n) is 6.82. The van der Waals surface area contributed by atoms with E-state index in [1.165, 1.54) is 55.4 Å². The Kier molecular flexibility index (Phi) is 6.27. The summed E-state index contributed by atoms with van der Waals surface area (Å²) in [5.74, 6) is 2.19. The molecule has 5 nitrogen and oxygen atoms in total.